The van der Waals surface area contributed by atoms with Gasteiger partial charge in [-0.05, 0) is 35.0 Å². The van der Waals surface area contributed by atoms with E-state index in [4.69, 9.17) is 10.00 Å². The maximum atomic E-state index is 12.0. The molecule has 1 aromatic carbocycles. The number of nitrogens with one attached hydrogen (secondary N) is 1. The number of carbonyl (C=O) groups is 2. The Morgan fingerprint density at radius 1 is 1.42 bits per heavy atom. The summed E-state index contributed by atoms with van der Waals surface area (Å²) in [5.74, 6) is -2.08. The van der Waals surface area contributed by atoms with E-state index >= 15 is 0 Å². The minimum Gasteiger partial charge on any atom is -0.482 e. The minimum absolute atomic E-state index is 0.483. The minimum atomic E-state index is -1.36. The normalized spacial score (nSPS) is 12.9. The molecule has 0 saturated heterocycles. The molecule has 100 valence electrons. The lowest BCUT2D eigenvalue weighted by molar-refractivity contribution is -0.135. The average molecular weight is 325 g/mol. The van der Waals surface area contributed by atoms with Crippen molar-refractivity contribution in [2.75, 3.05) is 7.05 Å². The van der Waals surface area contributed by atoms with E-state index in [0.717, 1.165) is 0 Å². The van der Waals surface area contributed by atoms with Crippen LogP contribution in [0.1, 0.15) is 6.92 Å². The fraction of sp³-hybridized carbons (Fsp3) is 0.308. The molecule has 0 unspecified atom stereocenters. The van der Waals surface area contributed by atoms with Gasteiger partial charge in [0.2, 0.25) is 5.91 Å². The summed E-state index contributed by atoms with van der Waals surface area (Å²) in [5.41, 5.74) is 0. The van der Waals surface area contributed by atoms with E-state index in [2.05, 4.69) is 21.2 Å². The summed E-state index contributed by atoms with van der Waals surface area (Å²) >= 11 is 3.29. The first-order valence-corrected chi connectivity index (χ1v) is 6.36. The summed E-state index contributed by atoms with van der Waals surface area (Å²) in [5, 5.41) is 11.2. The Labute approximate surface area is 119 Å². The molecule has 0 heterocycles. The molecule has 0 aliphatic rings. The molecule has 6 heteroatoms. The van der Waals surface area contributed by atoms with Crippen LogP contribution in [-0.4, -0.2) is 24.8 Å². The zero-order valence-electron chi connectivity index (χ0n) is 10.5. The van der Waals surface area contributed by atoms with Crippen LogP contribution in [0.15, 0.2) is 28.7 Å². The molecule has 1 amide bonds. The molecule has 0 bridgehead atoms. The van der Waals surface area contributed by atoms with Crippen LogP contribution < -0.4 is 10.1 Å². The van der Waals surface area contributed by atoms with Crippen molar-refractivity contribution < 1.29 is 14.3 Å². The highest BCUT2D eigenvalue weighted by Crippen LogP contribution is 2.25. The second kappa shape index (κ2) is 6.90. The second-order valence-corrected chi connectivity index (χ2v) is 4.62. The summed E-state index contributed by atoms with van der Waals surface area (Å²) in [7, 11) is 1.37. The zero-order valence-corrected chi connectivity index (χ0v) is 12.1. The number of carbonyl (C=O) groups excluding carboxylic acids is 2. The topological polar surface area (TPSA) is 79.2 Å². The third kappa shape index (κ3) is 3.80. The van der Waals surface area contributed by atoms with Crippen molar-refractivity contribution in [3.8, 4) is 11.8 Å². The van der Waals surface area contributed by atoms with Crippen LogP contribution in [0, 0.1) is 17.2 Å². The number of hydrogen-bond donors (Lipinski definition) is 1. The molecule has 0 aliphatic heterocycles. The molecule has 0 aliphatic carbocycles. The fourth-order valence-corrected chi connectivity index (χ4v) is 1.80. The molecular weight excluding hydrogens is 312 g/mol. The highest BCUT2D eigenvalue weighted by atomic mass is 79.9. The molecule has 2 atom stereocenters. The molecule has 5 nitrogen and oxygen atoms in total. The highest BCUT2D eigenvalue weighted by Gasteiger charge is 2.31. The number of halogens is 1. The van der Waals surface area contributed by atoms with Gasteiger partial charge in [-0.2, -0.15) is 5.26 Å². The second-order valence-electron chi connectivity index (χ2n) is 3.77. The van der Waals surface area contributed by atoms with Gasteiger partial charge in [0.25, 0.3) is 0 Å². The van der Waals surface area contributed by atoms with Gasteiger partial charge in [-0.3, -0.25) is 9.59 Å². The predicted molar refractivity (Wildman–Crippen MR) is 72.4 cm³/mol. The number of nitrogens with zero attached hydrogens (tertiary/aromatic N) is 1. The van der Waals surface area contributed by atoms with E-state index < -0.39 is 23.7 Å². The summed E-state index contributed by atoms with van der Waals surface area (Å²) < 4.78 is 6.15. The molecule has 0 aromatic heterocycles. The zero-order chi connectivity index (χ0) is 14.4. The maximum Gasteiger partial charge on any atom is 0.244 e. The van der Waals surface area contributed by atoms with E-state index in [1.54, 1.807) is 24.3 Å². The van der Waals surface area contributed by atoms with E-state index in [9.17, 15) is 9.59 Å². The van der Waals surface area contributed by atoms with Crippen LogP contribution >= 0.6 is 15.9 Å². The van der Waals surface area contributed by atoms with Gasteiger partial charge in [-0.1, -0.05) is 12.1 Å². The summed E-state index contributed by atoms with van der Waals surface area (Å²) in [4.78, 5) is 23.4. The Kier molecular flexibility index (Phi) is 5.52. The monoisotopic (exact) mass is 324 g/mol. The lowest BCUT2D eigenvalue weighted by Crippen LogP contribution is -2.38. The number of benzene rings is 1. The molecule has 0 spiro atoms. The quantitative estimate of drug-likeness (QED) is 0.835. The number of rotatable bonds is 5. The number of ether oxygens (including phenoxy) is 1. The Morgan fingerprint density at radius 3 is 2.58 bits per heavy atom. The maximum absolute atomic E-state index is 12.0. The first kappa shape index (κ1) is 15.2. The third-order valence-electron chi connectivity index (χ3n) is 2.46. The van der Waals surface area contributed by atoms with Gasteiger partial charge in [-0.15, -0.1) is 0 Å². The van der Waals surface area contributed by atoms with Gasteiger partial charge in [-0.25, -0.2) is 0 Å². The largest absolute Gasteiger partial charge is 0.482 e. The Hall–Kier alpha value is -1.87. The third-order valence-corrected chi connectivity index (χ3v) is 3.12. The smallest absolute Gasteiger partial charge is 0.244 e. The Morgan fingerprint density at radius 2 is 2.05 bits per heavy atom. The number of nitriles is 1. The van der Waals surface area contributed by atoms with Gasteiger partial charge >= 0.3 is 0 Å². The van der Waals surface area contributed by atoms with E-state index in [0.29, 0.717) is 10.2 Å². The number of amides is 1. The van der Waals surface area contributed by atoms with Crippen molar-refractivity contribution in [2.24, 2.45) is 5.92 Å². The van der Waals surface area contributed by atoms with Crippen molar-refractivity contribution in [1.29, 1.82) is 5.26 Å². The van der Waals surface area contributed by atoms with Gasteiger partial charge in [0, 0.05) is 7.05 Å². The Bertz CT molecular complexity index is 525. The van der Waals surface area contributed by atoms with E-state index in [1.807, 2.05) is 6.07 Å². The van der Waals surface area contributed by atoms with E-state index in [-0.39, 0.29) is 0 Å². The van der Waals surface area contributed by atoms with Gasteiger partial charge < -0.3 is 10.1 Å². The van der Waals surface area contributed by atoms with Crippen LogP contribution in [0.4, 0.5) is 0 Å². The lowest BCUT2D eigenvalue weighted by Gasteiger charge is -2.16. The Balaban J connectivity index is 2.81. The van der Waals surface area contributed by atoms with Crippen molar-refractivity contribution in [1.82, 2.24) is 5.32 Å². The van der Waals surface area contributed by atoms with Crippen LogP contribution in [0.25, 0.3) is 0 Å². The van der Waals surface area contributed by atoms with Gasteiger partial charge in [0.05, 0.1) is 10.5 Å². The van der Waals surface area contributed by atoms with Crippen molar-refractivity contribution in [3.05, 3.63) is 28.7 Å². The molecule has 0 fully saturated rings. The molecule has 1 N–H and O–H groups in total. The molecule has 1 aromatic rings. The van der Waals surface area contributed by atoms with Crippen LogP contribution in [0.2, 0.25) is 0 Å². The van der Waals surface area contributed by atoms with Crippen LogP contribution in [0.3, 0.4) is 0 Å². The standard InChI is InChI=1S/C13H13BrN2O3/c1-8(12(17)9(7-15)13(18)16-2)19-11-6-4-3-5-10(11)14/h3-6,8-9H,1-2H3,(H,16,18)/t8-,9+/m1/s1. The number of ketones is 1. The highest BCUT2D eigenvalue weighted by molar-refractivity contribution is 9.10. The fourth-order valence-electron chi connectivity index (χ4n) is 1.42. The molecule has 1 rings (SSSR count). The van der Waals surface area contributed by atoms with Crippen molar-refractivity contribution in [3.63, 3.8) is 0 Å². The molecule has 0 saturated carbocycles. The SMILES string of the molecule is CNC(=O)[C@@H](C#N)C(=O)[C@@H](C)Oc1ccccc1Br. The molecule has 19 heavy (non-hydrogen) atoms. The summed E-state index contributed by atoms with van der Waals surface area (Å²) in [6.45, 7) is 1.51. The summed E-state index contributed by atoms with van der Waals surface area (Å²) in [6.07, 6.45) is -0.888. The van der Waals surface area contributed by atoms with E-state index in [1.165, 1.54) is 14.0 Å². The predicted octanol–water partition coefficient (Wildman–Crippen LogP) is 1.67. The molecular formula is C13H13BrN2O3. The number of hydrogen-bond acceptors (Lipinski definition) is 4. The van der Waals surface area contributed by atoms with Crippen LogP contribution in [-0.2, 0) is 9.59 Å². The van der Waals surface area contributed by atoms with Gasteiger partial charge in [0.15, 0.2) is 17.8 Å². The summed E-state index contributed by atoms with van der Waals surface area (Å²) in [6, 6.07) is 8.71. The number of para-hydroxylation sites is 1. The van der Waals surface area contributed by atoms with Crippen LogP contribution in [0.5, 0.6) is 5.75 Å². The number of Topliss-reactive ketones (excluding diaryl/α,β-unsaturated/α-hetero) is 1. The van der Waals surface area contributed by atoms with Crippen molar-refractivity contribution in [2.45, 2.75) is 13.0 Å². The lowest BCUT2D eigenvalue weighted by atomic mass is 10.0. The first-order chi connectivity index (χ1) is 9.01. The van der Waals surface area contributed by atoms with Gasteiger partial charge in [0.1, 0.15) is 5.75 Å². The molecule has 0 radical (unpaired) electrons. The average Bonchev–Trinajstić information content (AvgIpc) is 2.41. The van der Waals surface area contributed by atoms with Crippen molar-refractivity contribution >= 4 is 27.6 Å². The first-order valence-electron chi connectivity index (χ1n) is 5.57.